The molecule has 1 aliphatic rings. The standard InChI is InChI=1S/C14H27N3/c1-5-12(2)17(4)10-8-13-7-6-9-14(13,11-15)16-3/h12-13,16H,5-10H2,1-4H3. The molecule has 0 amide bonds. The molecular weight excluding hydrogens is 210 g/mol. The Morgan fingerprint density at radius 1 is 1.59 bits per heavy atom. The van der Waals surface area contributed by atoms with Crippen LogP contribution in [0.15, 0.2) is 0 Å². The fourth-order valence-corrected chi connectivity index (χ4v) is 2.89. The summed E-state index contributed by atoms with van der Waals surface area (Å²) in [5.74, 6) is 0.518. The zero-order valence-electron chi connectivity index (χ0n) is 11.8. The highest BCUT2D eigenvalue weighted by Crippen LogP contribution is 2.37. The molecule has 0 spiro atoms. The predicted octanol–water partition coefficient (Wildman–Crippen LogP) is 2.39. The van der Waals surface area contributed by atoms with Gasteiger partial charge in [0.2, 0.25) is 0 Å². The van der Waals surface area contributed by atoms with Gasteiger partial charge in [0.15, 0.2) is 0 Å². The minimum atomic E-state index is -0.254. The summed E-state index contributed by atoms with van der Waals surface area (Å²) < 4.78 is 0. The monoisotopic (exact) mass is 237 g/mol. The third kappa shape index (κ3) is 3.20. The first-order valence-corrected chi connectivity index (χ1v) is 6.90. The van der Waals surface area contributed by atoms with Crippen molar-refractivity contribution < 1.29 is 0 Å². The molecule has 17 heavy (non-hydrogen) atoms. The summed E-state index contributed by atoms with van der Waals surface area (Å²) in [7, 11) is 4.12. The maximum atomic E-state index is 9.38. The second-order valence-corrected chi connectivity index (χ2v) is 5.45. The van der Waals surface area contributed by atoms with E-state index in [9.17, 15) is 5.26 Å². The molecule has 1 saturated carbocycles. The lowest BCUT2D eigenvalue weighted by Gasteiger charge is -2.31. The Morgan fingerprint density at radius 3 is 2.82 bits per heavy atom. The van der Waals surface area contributed by atoms with Crippen LogP contribution in [0.3, 0.4) is 0 Å². The van der Waals surface area contributed by atoms with Gasteiger partial charge in [-0.1, -0.05) is 13.3 Å². The molecule has 3 nitrogen and oxygen atoms in total. The van der Waals surface area contributed by atoms with Gasteiger partial charge in [0.1, 0.15) is 5.54 Å². The number of hydrogen-bond acceptors (Lipinski definition) is 3. The fourth-order valence-electron chi connectivity index (χ4n) is 2.89. The van der Waals surface area contributed by atoms with E-state index in [1.54, 1.807) is 0 Å². The van der Waals surface area contributed by atoms with Crippen LogP contribution in [-0.2, 0) is 0 Å². The molecule has 0 radical (unpaired) electrons. The summed E-state index contributed by atoms with van der Waals surface area (Å²) in [6.07, 6.45) is 5.72. The smallest absolute Gasteiger partial charge is 0.109 e. The van der Waals surface area contributed by atoms with Gasteiger partial charge in [-0.2, -0.15) is 5.26 Å². The largest absolute Gasteiger partial charge is 0.304 e. The highest BCUT2D eigenvalue weighted by molar-refractivity contribution is 5.13. The van der Waals surface area contributed by atoms with Crippen LogP contribution >= 0.6 is 0 Å². The zero-order chi connectivity index (χ0) is 12.9. The Balaban J connectivity index is 2.49. The van der Waals surface area contributed by atoms with E-state index in [2.05, 4.69) is 37.2 Å². The SMILES string of the molecule is CCC(C)N(C)CCC1CCCC1(C#N)NC. The molecular formula is C14H27N3. The van der Waals surface area contributed by atoms with E-state index in [4.69, 9.17) is 0 Å². The Hall–Kier alpha value is -0.590. The van der Waals surface area contributed by atoms with Crippen molar-refractivity contribution in [1.82, 2.24) is 10.2 Å². The highest BCUT2D eigenvalue weighted by Gasteiger charge is 2.41. The van der Waals surface area contributed by atoms with Gasteiger partial charge in [-0.15, -0.1) is 0 Å². The first-order valence-electron chi connectivity index (χ1n) is 6.90. The molecule has 3 atom stereocenters. The van der Waals surface area contributed by atoms with E-state index in [1.807, 2.05) is 7.05 Å². The molecule has 1 fully saturated rings. The van der Waals surface area contributed by atoms with Gasteiger partial charge >= 0.3 is 0 Å². The average molecular weight is 237 g/mol. The Labute approximate surface area is 106 Å². The van der Waals surface area contributed by atoms with Crippen molar-refractivity contribution in [2.24, 2.45) is 5.92 Å². The van der Waals surface area contributed by atoms with Crippen LogP contribution in [0.4, 0.5) is 0 Å². The molecule has 1 rings (SSSR count). The van der Waals surface area contributed by atoms with Gasteiger partial charge in [-0.25, -0.2) is 0 Å². The van der Waals surface area contributed by atoms with Gasteiger partial charge in [0.05, 0.1) is 6.07 Å². The topological polar surface area (TPSA) is 39.1 Å². The lowest BCUT2D eigenvalue weighted by atomic mass is 9.86. The molecule has 3 unspecified atom stereocenters. The van der Waals surface area contributed by atoms with Crippen LogP contribution in [-0.4, -0.2) is 37.1 Å². The van der Waals surface area contributed by atoms with Gasteiger partial charge in [0, 0.05) is 6.04 Å². The second kappa shape index (κ2) is 6.37. The van der Waals surface area contributed by atoms with Crippen LogP contribution in [0, 0.1) is 17.2 Å². The normalized spacial score (nSPS) is 30.5. The van der Waals surface area contributed by atoms with E-state index >= 15 is 0 Å². The van der Waals surface area contributed by atoms with E-state index in [0.29, 0.717) is 12.0 Å². The molecule has 0 saturated heterocycles. The van der Waals surface area contributed by atoms with Gasteiger partial charge in [-0.3, -0.25) is 0 Å². The lowest BCUT2D eigenvalue weighted by Crippen LogP contribution is -2.46. The van der Waals surface area contributed by atoms with E-state index in [1.165, 1.54) is 19.3 Å². The number of hydrogen-bond donors (Lipinski definition) is 1. The molecule has 0 aromatic carbocycles. The quantitative estimate of drug-likeness (QED) is 0.771. The van der Waals surface area contributed by atoms with Crippen LogP contribution in [0.2, 0.25) is 0 Å². The van der Waals surface area contributed by atoms with Crippen LogP contribution in [0.5, 0.6) is 0 Å². The maximum absolute atomic E-state index is 9.38. The molecule has 1 aliphatic carbocycles. The fraction of sp³-hybridized carbons (Fsp3) is 0.929. The molecule has 0 bridgehead atoms. The zero-order valence-corrected chi connectivity index (χ0v) is 11.8. The molecule has 98 valence electrons. The maximum Gasteiger partial charge on any atom is 0.109 e. The second-order valence-electron chi connectivity index (χ2n) is 5.45. The molecule has 0 heterocycles. The van der Waals surface area contributed by atoms with Crippen molar-refractivity contribution in [2.75, 3.05) is 20.6 Å². The van der Waals surface area contributed by atoms with Gasteiger partial charge in [-0.05, 0) is 59.2 Å². The lowest BCUT2D eigenvalue weighted by molar-refractivity contribution is 0.213. The van der Waals surface area contributed by atoms with Gasteiger partial charge in [0.25, 0.3) is 0 Å². The summed E-state index contributed by atoms with van der Waals surface area (Å²) in [5, 5.41) is 12.6. The Morgan fingerprint density at radius 2 is 2.29 bits per heavy atom. The van der Waals surface area contributed by atoms with Crippen LogP contribution in [0.1, 0.15) is 46.0 Å². The first-order chi connectivity index (χ1) is 8.09. The number of nitrogens with one attached hydrogen (secondary N) is 1. The van der Waals surface area contributed by atoms with Crippen molar-refractivity contribution in [3.63, 3.8) is 0 Å². The van der Waals surface area contributed by atoms with Gasteiger partial charge < -0.3 is 10.2 Å². The summed E-state index contributed by atoms with van der Waals surface area (Å²) in [6.45, 7) is 5.60. The Bertz CT molecular complexity index is 271. The molecule has 0 aromatic heterocycles. The van der Waals surface area contributed by atoms with Crippen molar-refractivity contribution >= 4 is 0 Å². The number of rotatable bonds is 6. The van der Waals surface area contributed by atoms with Crippen molar-refractivity contribution in [3.05, 3.63) is 0 Å². The number of nitrogens with zero attached hydrogens (tertiary/aromatic N) is 2. The van der Waals surface area contributed by atoms with E-state index < -0.39 is 0 Å². The van der Waals surface area contributed by atoms with E-state index in [0.717, 1.165) is 19.4 Å². The van der Waals surface area contributed by atoms with Crippen molar-refractivity contribution in [3.8, 4) is 6.07 Å². The summed E-state index contributed by atoms with van der Waals surface area (Å²) in [6, 6.07) is 3.16. The predicted molar refractivity (Wildman–Crippen MR) is 71.7 cm³/mol. The summed E-state index contributed by atoms with van der Waals surface area (Å²) in [5.41, 5.74) is -0.254. The highest BCUT2D eigenvalue weighted by atomic mass is 15.1. The molecule has 3 heteroatoms. The summed E-state index contributed by atoms with van der Waals surface area (Å²) >= 11 is 0. The molecule has 0 aliphatic heterocycles. The first kappa shape index (κ1) is 14.5. The minimum absolute atomic E-state index is 0.254. The minimum Gasteiger partial charge on any atom is -0.304 e. The van der Waals surface area contributed by atoms with Crippen LogP contribution in [0.25, 0.3) is 0 Å². The number of nitriles is 1. The molecule has 0 aromatic rings. The van der Waals surface area contributed by atoms with Crippen molar-refractivity contribution in [2.45, 2.75) is 57.5 Å². The third-order valence-corrected chi connectivity index (χ3v) is 4.64. The Kier molecular flexibility index (Phi) is 5.42. The average Bonchev–Trinajstić information content (AvgIpc) is 2.78. The van der Waals surface area contributed by atoms with E-state index in [-0.39, 0.29) is 5.54 Å². The third-order valence-electron chi connectivity index (χ3n) is 4.64. The van der Waals surface area contributed by atoms with Crippen molar-refractivity contribution in [1.29, 1.82) is 5.26 Å². The molecule has 1 N–H and O–H groups in total. The van der Waals surface area contributed by atoms with Crippen LogP contribution < -0.4 is 5.32 Å². The summed E-state index contributed by atoms with van der Waals surface area (Å²) in [4.78, 5) is 2.41.